The number of para-hydroxylation sites is 1. The van der Waals surface area contributed by atoms with Crippen molar-refractivity contribution in [3.8, 4) is 5.69 Å². The van der Waals surface area contributed by atoms with Crippen molar-refractivity contribution in [3.05, 3.63) is 52.7 Å². The molecule has 2 heterocycles. The fraction of sp³-hybridized carbons (Fsp3) is 0.333. The molecule has 1 amide bonds. The Kier molecular flexibility index (Phi) is 4.61. The third-order valence-electron chi connectivity index (χ3n) is 4.63. The van der Waals surface area contributed by atoms with Gasteiger partial charge in [0.1, 0.15) is 12.0 Å². The lowest BCUT2D eigenvalue weighted by atomic mass is 10.3. The second-order valence-electron chi connectivity index (χ2n) is 6.53. The van der Waals surface area contributed by atoms with Crippen LogP contribution in [0.5, 0.6) is 0 Å². The summed E-state index contributed by atoms with van der Waals surface area (Å²) in [6.45, 7) is 1.81. The van der Waals surface area contributed by atoms with Crippen LogP contribution >= 0.6 is 11.8 Å². The first-order valence-electron chi connectivity index (χ1n) is 8.72. The number of rotatable bonds is 6. The van der Waals surface area contributed by atoms with E-state index in [-0.39, 0.29) is 17.2 Å². The number of carbonyl (C=O) groups excluding carboxylic acids is 1. The maximum Gasteiger partial charge on any atom is 0.295 e. The zero-order chi connectivity index (χ0) is 19.0. The van der Waals surface area contributed by atoms with Crippen molar-refractivity contribution in [3.63, 3.8) is 0 Å². The smallest absolute Gasteiger partial charge is 0.295 e. The second kappa shape index (κ2) is 7.07. The van der Waals surface area contributed by atoms with Crippen molar-refractivity contribution in [2.75, 3.05) is 11.1 Å². The zero-order valence-electron chi connectivity index (χ0n) is 15.1. The lowest BCUT2D eigenvalue weighted by Gasteiger charge is -2.07. The number of nitrogens with zero attached hydrogens (tertiary/aromatic N) is 5. The largest absolute Gasteiger partial charge is 0.319 e. The highest BCUT2D eigenvalue weighted by Gasteiger charge is 2.26. The van der Waals surface area contributed by atoms with Crippen LogP contribution in [-0.4, -0.2) is 35.8 Å². The van der Waals surface area contributed by atoms with Crippen LogP contribution < -0.4 is 10.9 Å². The van der Waals surface area contributed by atoms with E-state index >= 15 is 0 Å². The first-order valence-corrected chi connectivity index (χ1v) is 9.71. The number of benzene rings is 1. The van der Waals surface area contributed by atoms with Crippen LogP contribution in [-0.2, 0) is 11.8 Å². The van der Waals surface area contributed by atoms with Gasteiger partial charge in [-0.25, -0.2) is 4.68 Å². The summed E-state index contributed by atoms with van der Waals surface area (Å²) < 4.78 is 5.29. The van der Waals surface area contributed by atoms with Crippen molar-refractivity contribution in [1.29, 1.82) is 0 Å². The van der Waals surface area contributed by atoms with Crippen molar-refractivity contribution in [2.24, 2.45) is 7.05 Å². The Hall–Kier alpha value is -2.81. The van der Waals surface area contributed by atoms with Crippen LogP contribution in [0.1, 0.15) is 24.6 Å². The summed E-state index contributed by atoms with van der Waals surface area (Å²) in [4.78, 5) is 25.2. The third kappa shape index (κ3) is 3.42. The van der Waals surface area contributed by atoms with Gasteiger partial charge in [-0.3, -0.25) is 14.3 Å². The molecule has 1 saturated carbocycles. The number of anilines is 1. The van der Waals surface area contributed by atoms with Gasteiger partial charge in [0.25, 0.3) is 5.56 Å². The maximum absolute atomic E-state index is 12.8. The van der Waals surface area contributed by atoms with E-state index in [1.165, 1.54) is 11.8 Å². The molecule has 0 saturated heterocycles. The molecular formula is C18H20N6O2S. The zero-order valence-corrected chi connectivity index (χ0v) is 15.9. The molecule has 0 atom stereocenters. The van der Waals surface area contributed by atoms with E-state index in [4.69, 9.17) is 0 Å². The van der Waals surface area contributed by atoms with Gasteiger partial charge in [-0.05, 0) is 31.9 Å². The average molecular weight is 384 g/mol. The molecule has 1 fully saturated rings. The van der Waals surface area contributed by atoms with Gasteiger partial charge in [-0.15, -0.1) is 10.2 Å². The standard InChI is InChI=1S/C18H20N6O2S/c1-12-16(17(26)24(22(12)2)14-6-4-3-5-7-14)20-15(25)10-27-18-21-19-11-23(18)13-8-9-13/h3-7,11,13H,8-10H2,1-2H3,(H,20,25). The molecule has 3 aromatic rings. The van der Waals surface area contributed by atoms with Crippen molar-refractivity contribution >= 4 is 23.4 Å². The van der Waals surface area contributed by atoms with Gasteiger partial charge < -0.3 is 9.88 Å². The van der Waals surface area contributed by atoms with Gasteiger partial charge in [0.05, 0.1) is 17.1 Å². The molecule has 1 N–H and O–H groups in total. The van der Waals surface area contributed by atoms with Crippen LogP contribution in [0.25, 0.3) is 5.69 Å². The molecule has 27 heavy (non-hydrogen) atoms. The fourth-order valence-electron chi connectivity index (χ4n) is 2.96. The number of nitrogens with one attached hydrogen (secondary N) is 1. The van der Waals surface area contributed by atoms with E-state index in [1.807, 2.05) is 41.8 Å². The van der Waals surface area contributed by atoms with E-state index in [0.29, 0.717) is 17.4 Å². The summed E-state index contributed by atoms with van der Waals surface area (Å²) in [6.07, 6.45) is 3.96. The quantitative estimate of drug-likeness (QED) is 0.658. The first-order chi connectivity index (χ1) is 13.1. The van der Waals surface area contributed by atoms with Crippen LogP contribution in [0, 0.1) is 6.92 Å². The molecule has 4 rings (SSSR count). The van der Waals surface area contributed by atoms with E-state index < -0.39 is 0 Å². The van der Waals surface area contributed by atoms with Crippen LogP contribution in [0.2, 0.25) is 0 Å². The second-order valence-corrected chi connectivity index (χ2v) is 7.47. The minimum Gasteiger partial charge on any atom is -0.319 e. The number of amides is 1. The molecule has 9 heteroatoms. The summed E-state index contributed by atoms with van der Waals surface area (Å²) in [5.41, 5.74) is 1.50. The van der Waals surface area contributed by atoms with E-state index in [2.05, 4.69) is 15.5 Å². The van der Waals surface area contributed by atoms with Crippen molar-refractivity contribution in [2.45, 2.75) is 31.0 Å². The Morgan fingerprint density at radius 1 is 1.30 bits per heavy atom. The van der Waals surface area contributed by atoms with Crippen LogP contribution in [0.15, 0.2) is 46.6 Å². The van der Waals surface area contributed by atoms with E-state index in [1.54, 1.807) is 22.7 Å². The first kappa shape index (κ1) is 17.6. The summed E-state index contributed by atoms with van der Waals surface area (Å²) >= 11 is 1.33. The van der Waals surface area contributed by atoms with Gasteiger partial charge in [0.2, 0.25) is 5.91 Å². The lowest BCUT2D eigenvalue weighted by molar-refractivity contribution is -0.113. The molecule has 0 aliphatic heterocycles. The van der Waals surface area contributed by atoms with E-state index in [9.17, 15) is 9.59 Å². The van der Waals surface area contributed by atoms with Crippen molar-refractivity contribution < 1.29 is 4.79 Å². The molecular weight excluding hydrogens is 364 g/mol. The molecule has 1 aromatic carbocycles. The molecule has 8 nitrogen and oxygen atoms in total. The highest BCUT2D eigenvalue weighted by Crippen LogP contribution is 2.37. The number of carbonyl (C=O) groups is 1. The predicted octanol–water partition coefficient (Wildman–Crippen LogP) is 2.14. The average Bonchev–Trinajstić information content (AvgIpc) is 3.37. The molecule has 0 radical (unpaired) electrons. The number of hydrogen-bond donors (Lipinski definition) is 1. The Morgan fingerprint density at radius 3 is 2.74 bits per heavy atom. The summed E-state index contributed by atoms with van der Waals surface area (Å²) in [5.74, 6) is -0.0683. The molecule has 0 spiro atoms. The Balaban J connectivity index is 1.50. The van der Waals surface area contributed by atoms with Crippen molar-refractivity contribution in [1.82, 2.24) is 24.1 Å². The molecule has 1 aliphatic rings. The SMILES string of the molecule is Cc1c(NC(=O)CSc2nncn2C2CC2)c(=O)n(-c2ccccc2)n1C. The van der Waals surface area contributed by atoms with Crippen LogP contribution in [0.4, 0.5) is 5.69 Å². The van der Waals surface area contributed by atoms with Gasteiger partial charge in [-0.1, -0.05) is 30.0 Å². The summed E-state index contributed by atoms with van der Waals surface area (Å²) in [5, 5.41) is 11.5. The maximum atomic E-state index is 12.8. The van der Waals surface area contributed by atoms with Crippen LogP contribution in [0.3, 0.4) is 0 Å². The number of hydrogen-bond acceptors (Lipinski definition) is 5. The van der Waals surface area contributed by atoms with Gasteiger partial charge >= 0.3 is 0 Å². The molecule has 0 bridgehead atoms. The highest BCUT2D eigenvalue weighted by atomic mass is 32.2. The normalized spacial score (nSPS) is 13.7. The van der Waals surface area contributed by atoms with Gasteiger partial charge in [0, 0.05) is 13.1 Å². The molecule has 140 valence electrons. The van der Waals surface area contributed by atoms with E-state index in [0.717, 1.165) is 23.7 Å². The van der Waals surface area contributed by atoms with Gasteiger partial charge in [-0.2, -0.15) is 0 Å². The molecule has 2 aromatic heterocycles. The minimum atomic E-state index is -0.249. The lowest BCUT2D eigenvalue weighted by Crippen LogP contribution is -2.23. The Morgan fingerprint density at radius 2 is 2.04 bits per heavy atom. The topological polar surface area (TPSA) is 86.7 Å². The Labute approximate surface area is 160 Å². The number of thioether (sulfide) groups is 1. The summed E-state index contributed by atoms with van der Waals surface area (Å²) in [6, 6.07) is 9.80. The highest BCUT2D eigenvalue weighted by molar-refractivity contribution is 7.99. The summed E-state index contributed by atoms with van der Waals surface area (Å²) in [7, 11) is 1.80. The minimum absolute atomic E-state index is 0.171. The fourth-order valence-corrected chi connectivity index (χ4v) is 3.74. The monoisotopic (exact) mass is 384 g/mol. The Bertz CT molecular complexity index is 1030. The predicted molar refractivity (Wildman–Crippen MR) is 103 cm³/mol. The third-order valence-corrected chi connectivity index (χ3v) is 5.59. The number of aromatic nitrogens is 5. The molecule has 1 aliphatic carbocycles. The van der Waals surface area contributed by atoms with Gasteiger partial charge in [0.15, 0.2) is 5.16 Å². The molecule has 0 unspecified atom stereocenters.